The van der Waals surface area contributed by atoms with Crippen LogP contribution >= 0.6 is 0 Å². The summed E-state index contributed by atoms with van der Waals surface area (Å²) in [5.41, 5.74) is 1.84. The normalized spacial score (nSPS) is 11.3. The van der Waals surface area contributed by atoms with Crippen molar-refractivity contribution in [3.63, 3.8) is 0 Å². The minimum atomic E-state index is 0.301. The van der Waals surface area contributed by atoms with Crippen LogP contribution in [0.25, 0.3) is 11.2 Å². The highest BCUT2D eigenvalue weighted by atomic mass is 15.1. The standard InChI is InChI=1S/C17H29N5/c1-2-3-4-5-6-7-8-9-10-11-12-22-13-15-16(20-14-19-15)21-17(22)18/h13-14H,2-12H2,1H3,(H2,18,19,20,21). The van der Waals surface area contributed by atoms with Gasteiger partial charge in [0.25, 0.3) is 0 Å². The molecule has 0 saturated carbocycles. The van der Waals surface area contributed by atoms with E-state index in [9.17, 15) is 0 Å². The van der Waals surface area contributed by atoms with E-state index in [4.69, 9.17) is 5.41 Å². The summed E-state index contributed by atoms with van der Waals surface area (Å²) in [6.07, 6.45) is 16.9. The highest BCUT2D eigenvalue weighted by Gasteiger charge is 2.01. The van der Waals surface area contributed by atoms with Crippen molar-refractivity contribution in [3.05, 3.63) is 18.1 Å². The highest BCUT2D eigenvalue weighted by molar-refractivity contribution is 5.67. The van der Waals surface area contributed by atoms with E-state index in [2.05, 4.69) is 21.9 Å². The maximum atomic E-state index is 7.92. The molecule has 0 spiro atoms. The van der Waals surface area contributed by atoms with Gasteiger partial charge in [0.05, 0.1) is 6.33 Å². The number of imidazole rings is 1. The van der Waals surface area contributed by atoms with Crippen molar-refractivity contribution >= 4 is 11.2 Å². The van der Waals surface area contributed by atoms with Crippen LogP contribution in [-0.2, 0) is 6.54 Å². The molecule has 5 nitrogen and oxygen atoms in total. The van der Waals surface area contributed by atoms with E-state index >= 15 is 0 Å². The van der Waals surface area contributed by atoms with Crippen molar-refractivity contribution in [2.24, 2.45) is 0 Å². The van der Waals surface area contributed by atoms with Gasteiger partial charge in [-0.15, -0.1) is 0 Å². The van der Waals surface area contributed by atoms with Gasteiger partial charge in [-0.25, -0.2) is 4.98 Å². The van der Waals surface area contributed by atoms with Gasteiger partial charge in [-0.1, -0.05) is 64.7 Å². The third-order valence-corrected chi connectivity index (χ3v) is 4.17. The third-order valence-electron chi connectivity index (χ3n) is 4.17. The number of hydrogen-bond acceptors (Lipinski definition) is 3. The molecule has 2 N–H and O–H groups in total. The topological polar surface area (TPSA) is 70.3 Å². The second-order valence-corrected chi connectivity index (χ2v) is 6.08. The molecule has 2 heterocycles. The first kappa shape index (κ1) is 16.7. The number of H-pyrrole nitrogens is 1. The number of nitrogens with zero attached hydrogens (tertiary/aromatic N) is 3. The van der Waals surface area contributed by atoms with Crippen LogP contribution in [0.4, 0.5) is 0 Å². The Balaban J connectivity index is 1.58. The van der Waals surface area contributed by atoms with Crippen molar-refractivity contribution in [1.82, 2.24) is 19.5 Å². The summed E-state index contributed by atoms with van der Waals surface area (Å²) < 4.78 is 1.91. The summed E-state index contributed by atoms with van der Waals surface area (Å²) in [6.45, 7) is 3.14. The van der Waals surface area contributed by atoms with Gasteiger partial charge in [0, 0.05) is 12.7 Å². The van der Waals surface area contributed by atoms with E-state index in [0.29, 0.717) is 11.3 Å². The van der Waals surface area contributed by atoms with Gasteiger partial charge in [-0.05, 0) is 6.42 Å². The SMILES string of the molecule is CCCCCCCCCCCCn1cc2[nH]cnc2nc1=N. The van der Waals surface area contributed by atoms with E-state index in [1.165, 1.54) is 57.8 Å². The number of unbranched alkanes of at least 4 members (excludes halogenated alkanes) is 9. The van der Waals surface area contributed by atoms with Crippen LogP contribution in [-0.4, -0.2) is 19.5 Å². The van der Waals surface area contributed by atoms with Crippen LogP contribution in [0.2, 0.25) is 0 Å². The Morgan fingerprint density at radius 3 is 2.32 bits per heavy atom. The maximum Gasteiger partial charge on any atom is 0.224 e. The molecule has 122 valence electrons. The molecule has 0 amide bonds. The lowest BCUT2D eigenvalue weighted by molar-refractivity contribution is 0.523. The Kier molecular flexibility index (Phi) is 7.13. The molecule has 0 radical (unpaired) electrons. The van der Waals surface area contributed by atoms with Gasteiger partial charge in [-0.2, -0.15) is 4.98 Å². The molecular formula is C17H29N5. The predicted molar refractivity (Wildman–Crippen MR) is 89.6 cm³/mol. The second kappa shape index (κ2) is 9.38. The second-order valence-electron chi connectivity index (χ2n) is 6.08. The Morgan fingerprint density at radius 1 is 1.00 bits per heavy atom. The summed E-state index contributed by atoms with van der Waals surface area (Å²) in [7, 11) is 0. The lowest BCUT2D eigenvalue weighted by atomic mass is 10.1. The van der Waals surface area contributed by atoms with Gasteiger partial charge >= 0.3 is 0 Å². The molecule has 0 bridgehead atoms. The van der Waals surface area contributed by atoms with Crippen molar-refractivity contribution < 1.29 is 0 Å². The fourth-order valence-electron chi connectivity index (χ4n) is 2.80. The molecule has 2 rings (SSSR count). The molecule has 2 aromatic heterocycles. The lowest BCUT2D eigenvalue weighted by Crippen LogP contribution is -2.22. The zero-order valence-electron chi connectivity index (χ0n) is 13.8. The van der Waals surface area contributed by atoms with Gasteiger partial charge in [0.1, 0.15) is 5.52 Å². The van der Waals surface area contributed by atoms with Crippen LogP contribution in [0.1, 0.15) is 71.1 Å². The average molecular weight is 303 g/mol. The maximum absolute atomic E-state index is 7.92. The molecule has 22 heavy (non-hydrogen) atoms. The number of hydrogen-bond donors (Lipinski definition) is 2. The number of aromatic nitrogens is 4. The molecule has 0 atom stereocenters. The summed E-state index contributed by atoms with van der Waals surface area (Å²) in [6, 6.07) is 0. The number of fused-ring (bicyclic) bond motifs is 1. The Morgan fingerprint density at radius 2 is 1.64 bits per heavy atom. The van der Waals surface area contributed by atoms with Crippen molar-refractivity contribution in [2.45, 2.75) is 77.7 Å². The first-order valence-corrected chi connectivity index (χ1v) is 8.76. The lowest BCUT2D eigenvalue weighted by Gasteiger charge is -2.06. The molecule has 0 unspecified atom stereocenters. The molecule has 0 saturated heterocycles. The number of nitrogens with one attached hydrogen (secondary N) is 2. The van der Waals surface area contributed by atoms with E-state index in [1.807, 2.05) is 10.8 Å². The van der Waals surface area contributed by atoms with E-state index in [0.717, 1.165) is 18.5 Å². The smallest absolute Gasteiger partial charge is 0.224 e. The Bertz CT molecular complexity index is 598. The van der Waals surface area contributed by atoms with Crippen LogP contribution in [0, 0.1) is 5.41 Å². The first-order chi connectivity index (χ1) is 10.8. The fourth-order valence-corrected chi connectivity index (χ4v) is 2.80. The van der Waals surface area contributed by atoms with Crippen LogP contribution < -0.4 is 5.62 Å². The monoisotopic (exact) mass is 303 g/mol. The first-order valence-electron chi connectivity index (χ1n) is 8.76. The van der Waals surface area contributed by atoms with E-state index in [-0.39, 0.29) is 0 Å². The zero-order valence-corrected chi connectivity index (χ0v) is 13.8. The van der Waals surface area contributed by atoms with Gasteiger partial charge in [-0.3, -0.25) is 5.41 Å². The molecule has 0 aliphatic carbocycles. The van der Waals surface area contributed by atoms with E-state index in [1.54, 1.807) is 6.33 Å². The van der Waals surface area contributed by atoms with Crippen LogP contribution in [0.5, 0.6) is 0 Å². The average Bonchev–Trinajstić information content (AvgIpc) is 2.96. The summed E-state index contributed by atoms with van der Waals surface area (Å²) in [5, 5.41) is 7.92. The molecule has 5 heteroatoms. The zero-order chi connectivity index (χ0) is 15.6. The number of aryl methyl sites for hydroxylation is 1. The van der Waals surface area contributed by atoms with Gasteiger partial charge in [0.2, 0.25) is 5.62 Å². The number of rotatable bonds is 11. The Hall–Kier alpha value is -1.65. The quantitative estimate of drug-likeness (QED) is 0.612. The fraction of sp³-hybridized carbons (Fsp3) is 0.706. The predicted octanol–water partition coefficient (Wildman–Crippen LogP) is 4.16. The van der Waals surface area contributed by atoms with E-state index < -0.39 is 0 Å². The van der Waals surface area contributed by atoms with Crippen LogP contribution in [0.3, 0.4) is 0 Å². The molecule has 2 aromatic rings. The molecule has 0 fully saturated rings. The number of aromatic amines is 1. The van der Waals surface area contributed by atoms with Crippen molar-refractivity contribution in [2.75, 3.05) is 0 Å². The van der Waals surface area contributed by atoms with Crippen LogP contribution in [0.15, 0.2) is 12.5 Å². The third kappa shape index (κ3) is 5.28. The Labute approximate surface area is 132 Å². The van der Waals surface area contributed by atoms with Crippen molar-refractivity contribution in [3.8, 4) is 0 Å². The molecule has 0 aromatic carbocycles. The summed E-state index contributed by atoms with van der Waals surface area (Å²) in [5.74, 6) is 0. The highest BCUT2D eigenvalue weighted by Crippen LogP contribution is 2.11. The minimum Gasteiger partial charge on any atom is -0.342 e. The van der Waals surface area contributed by atoms with Crippen molar-refractivity contribution in [1.29, 1.82) is 5.41 Å². The van der Waals surface area contributed by atoms with Gasteiger partial charge in [0.15, 0.2) is 5.65 Å². The largest absolute Gasteiger partial charge is 0.342 e. The molecule has 0 aliphatic heterocycles. The minimum absolute atomic E-state index is 0.301. The molecule has 0 aliphatic rings. The summed E-state index contributed by atoms with van der Waals surface area (Å²) >= 11 is 0. The summed E-state index contributed by atoms with van der Waals surface area (Å²) in [4.78, 5) is 11.3. The van der Waals surface area contributed by atoms with Gasteiger partial charge < -0.3 is 9.55 Å². The molecular weight excluding hydrogens is 274 g/mol.